The topological polar surface area (TPSA) is 69.6 Å². The second-order valence-electron chi connectivity index (χ2n) is 7.07. The molecule has 1 aromatic rings. The maximum absolute atomic E-state index is 12.4. The molecule has 0 unspecified atom stereocenters. The van der Waals surface area contributed by atoms with Gasteiger partial charge in [-0.15, -0.1) is 0 Å². The largest absolute Gasteiger partial charge is 0.389 e. The van der Waals surface area contributed by atoms with Crippen LogP contribution < -0.4 is 0 Å². The molecule has 1 aromatic heterocycles. The fraction of sp³-hybridized carbons (Fsp3) is 0.706. The smallest absolute Gasteiger partial charge is 0.274 e. The molecule has 1 N–H and O–H groups in total. The Kier molecular flexibility index (Phi) is 4.92. The minimum absolute atomic E-state index is 0.0528. The van der Waals surface area contributed by atoms with Gasteiger partial charge in [-0.1, -0.05) is 6.92 Å². The van der Waals surface area contributed by atoms with E-state index < -0.39 is 5.60 Å². The Morgan fingerprint density at radius 3 is 2.57 bits per heavy atom. The third-order valence-corrected chi connectivity index (χ3v) is 5.16. The summed E-state index contributed by atoms with van der Waals surface area (Å²) in [6.07, 6.45) is 8.65. The number of piperazine rings is 1. The van der Waals surface area contributed by atoms with Gasteiger partial charge in [0.05, 0.1) is 11.8 Å². The van der Waals surface area contributed by atoms with Crippen LogP contribution in [0.1, 0.15) is 43.1 Å². The van der Waals surface area contributed by atoms with E-state index >= 15 is 0 Å². The molecule has 1 aliphatic carbocycles. The lowest BCUT2D eigenvalue weighted by molar-refractivity contribution is -0.0418. The molecule has 0 radical (unpaired) electrons. The van der Waals surface area contributed by atoms with E-state index in [0.717, 1.165) is 51.2 Å². The first-order valence-corrected chi connectivity index (χ1v) is 8.56. The molecule has 126 valence electrons. The molecule has 0 bridgehead atoms. The molecule has 1 amide bonds. The van der Waals surface area contributed by atoms with Gasteiger partial charge >= 0.3 is 0 Å². The zero-order valence-electron chi connectivity index (χ0n) is 13.8. The average Bonchev–Trinajstić information content (AvgIpc) is 2.59. The quantitative estimate of drug-likeness (QED) is 0.906. The first kappa shape index (κ1) is 16.3. The molecule has 1 aliphatic heterocycles. The summed E-state index contributed by atoms with van der Waals surface area (Å²) in [6, 6.07) is 0. The number of amides is 1. The molecule has 6 heteroatoms. The number of nitrogens with zero attached hydrogens (tertiary/aromatic N) is 4. The molecule has 6 nitrogen and oxygen atoms in total. The van der Waals surface area contributed by atoms with Crippen LogP contribution in [0.3, 0.4) is 0 Å². The summed E-state index contributed by atoms with van der Waals surface area (Å²) in [4.78, 5) is 24.5. The van der Waals surface area contributed by atoms with Gasteiger partial charge in [-0.25, -0.2) is 4.98 Å². The lowest BCUT2D eigenvalue weighted by Crippen LogP contribution is -2.54. The van der Waals surface area contributed by atoms with E-state index in [1.54, 1.807) is 12.4 Å². The van der Waals surface area contributed by atoms with Gasteiger partial charge in [0, 0.05) is 45.1 Å². The van der Waals surface area contributed by atoms with Gasteiger partial charge in [-0.3, -0.25) is 14.7 Å². The molecule has 2 heterocycles. The molecular weight excluding hydrogens is 292 g/mol. The average molecular weight is 318 g/mol. The van der Waals surface area contributed by atoms with Gasteiger partial charge in [0.2, 0.25) is 0 Å². The molecule has 0 spiro atoms. The molecule has 2 fully saturated rings. The number of hydrogen-bond acceptors (Lipinski definition) is 5. The molecule has 1 saturated carbocycles. The predicted octanol–water partition coefficient (Wildman–Crippen LogP) is 1.18. The zero-order valence-corrected chi connectivity index (χ0v) is 13.8. The fourth-order valence-electron chi connectivity index (χ4n) is 3.55. The summed E-state index contributed by atoms with van der Waals surface area (Å²) in [5, 5.41) is 10.8. The fourth-order valence-corrected chi connectivity index (χ4v) is 3.55. The third kappa shape index (κ3) is 4.06. The van der Waals surface area contributed by atoms with Gasteiger partial charge < -0.3 is 10.0 Å². The van der Waals surface area contributed by atoms with Crippen molar-refractivity contribution >= 4 is 5.91 Å². The van der Waals surface area contributed by atoms with Crippen molar-refractivity contribution in [2.24, 2.45) is 5.92 Å². The Morgan fingerprint density at radius 1 is 1.26 bits per heavy atom. The normalized spacial score (nSPS) is 29.5. The molecule has 2 aliphatic rings. The molecular formula is C17H26N4O2. The Hall–Kier alpha value is -1.53. The number of hydrogen-bond donors (Lipinski definition) is 1. The Bertz CT molecular complexity index is 521. The first-order valence-electron chi connectivity index (χ1n) is 8.56. The number of β-amino-alcohol motifs (C(OH)–C–C–N with tert-alkyl or cyclic N) is 1. The van der Waals surface area contributed by atoms with Crippen molar-refractivity contribution in [3.8, 4) is 0 Å². The van der Waals surface area contributed by atoms with E-state index in [1.807, 2.05) is 4.90 Å². The second kappa shape index (κ2) is 6.93. The highest BCUT2D eigenvalue weighted by Gasteiger charge is 2.34. The number of aliphatic hydroxyl groups is 1. The van der Waals surface area contributed by atoms with E-state index in [-0.39, 0.29) is 5.91 Å². The van der Waals surface area contributed by atoms with Crippen molar-refractivity contribution in [1.29, 1.82) is 0 Å². The van der Waals surface area contributed by atoms with Crippen LogP contribution in [0.4, 0.5) is 0 Å². The lowest BCUT2D eigenvalue weighted by atomic mass is 9.79. The zero-order chi connectivity index (χ0) is 16.3. The summed E-state index contributed by atoms with van der Waals surface area (Å²) < 4.78 is 0. The van der Waals surface area contributed by atoms with Crippen LogP contribution >= 0.6 is 0 Å². The van der Waals surface area contributed by atoms with Gasteiger partial charge in [0.15, 0.2) is 0 Å². The highest BCUT2D eigenvalue weighted by atomic mass is 16.3. The Morgan fingerprint density at radius 2 is 1.96 bits per heavy atom. The first-order chi connectivity index (χ1) is 11.1. The van der Waals surface area contributed by atoms with Crippen LogP contribution in [0.2, 0.25) is 0 Å². The van der Waals surface area contributed by atoms with E-state index in [9.17, 15) is 9.90 Å². The summed E-state index contributed by atoms with van der Waals surface area (Å²) in [6.45, 7) is 5.97. The summed E-state index contributed by atoms with van der Waals surface area (Å²) in [5.41, 5.74) is -0.135. The van der Waals surface area contributed by atoms with Crippen LogP contribution in [-0.4, -0.2) is 69.1 Å². The van der Waals surface area contributed by atoms with Gasteiger partial charge in [-0.2, -0.15) is 0 Å². The summed E-state index contributed by atoms with van der Waals surface area (Å²) in [7, 11) is 0. The standard InChI is InChI=1S/C17H26N4O2/c1-14-2-4-17(23,5-3-14)13-20-8-10-21(11-9-20)16(22)15-12-18-6-7-19-15/h6-7,12,14,23H,2-5,8-11,13H2,1H3. The van der Waals surface area contributed by atoms with E-state index in [1.165, 1.54) is 6.20 Å². The van der Waals surface area contributed by atoms with Crippen molar-refractivity contribution in [3.05, 3.63) is 24.3 Å². The van der Waals surface area contributed by atoms with Gasteiger partial charge in [-0.05, 0) is 31.6 Å². The third-order valence-electron chi connectivity index (χ3n) is 5.16. The molecule has 1 saturated heterocycles. The Balaban J connectivity index is 1.50. The van der Waals surface area contributed by atoms with Gasteiger partial charge in [0.1, 0.15) is 5.69 Å². The monoisotopic (exact) mass is 318 g/mol. The minimum atomic E-state index is -0.538. The van der Waals surface area contributed by atoms with Crippen LogP contribution in [0, 0.1) is 5.92 Å². The molecule has 23 heavy (non-hydrogen) atoms. The van der Waals surface area contributed by atoms with Crippen molar-refractivity contribution in [1.82, 2.24) is 19.8 Å². The van der Waals surface area contributed by atoms with Gasteiger partial charge in [0.25, 0.3) is 5.91 Å². The van der Waals surface area contributed by atoms with Crippen molar-refractivity contribution in [3.63, 3.8) is 0 Å². The summed E-state index contributed by atoms with van der Waals surface area (Å²) >= 11 is 0. The molecule has 3 rings (SSSR count). The van der Waals surface area contributed by atoms with E-state index in [2.05, 4.69) is 21.8 Å². The van der Waals surface area contributed by atoms with E-state index in [0.29, 0.717) is 18.8 Å². The van der Waals surface area contributed by atoms with Crippen LogP contribution in [0.25, 0.3) is 0 Å². The Labute approximate surface area is 137 Å². The SMILES string of the molecule is CC1CCC(O)(CN2CCN(C(=O)c3cnccn3)CC2)CC1. The van der Waals surface area contributed by atoms with Crippen molar-refractivity contribution in [2.75, 3.05) is 32.7 Å². The molecule has 0 atom stereocenters. The second-order valence-corrected chi connectivity index (χ2v) is 7.07. The summed E-state index contributed by atoms with van der Waals surface area (Å²) in [5.74, 6) is 0.680. The highest BCUT2D eigenvalue weighted by molar-refractivity contribution is 5.92. The van der Waals surface area contributed by atoms with Crippen LogP contribution in [0.5, 0.6) is 0 Å². The van der Waals surface area contributed by atoms with E-state index in [4.69, 9.17) is 0 Å². The van der Waals surface area contributed by atoms with Crippen LogP contribution in [0.15, 0.2) is 18.6 Å². The molecule has 0 aromatic carbocycles. The number of aromatic nitrogens is 2. The maximum atomic E-state index is 12.4. The minimum Gasteiger partial charge on any atom is -0.389 e. The van der Waals surface area contributed by atoms with Crippen molar-refractivity contribution < 1.29 is 9.90 Å². The maximum Gasteiger partial charge on any atom is 0.274 e. The predicted molar refractivity (Wildman–Crippen MR) is 87.0 cm³/mol. The highest BCUT2D eigenvalue weighted by Crippen LogP contribution is 2.32. The van der Waals surface area contributed by atoms with Crippen molar-refractivity contribution in [2.45, 2.75) is 38.2 Å². The number of rotatable bonds is 3. The number of carbonyl (C=O) groups excluding carboxylic acids is 1. The van der Waals surface area contributed by atoms with Crippen LogP contribution in [-0.2, 0) is 0 Å². The lowest BCUT2D eigenvalue weighted by Gasteiger charge is -2.42. The number of carbonyl (C=O) groups is 1.